The number of nitrogens with zero attached hydrogens (tertiary/aromatic N) is 1. The van der Waals surface area contributed by atoms with Gasteiger partial charge in [0.15, 0.2) is 0 Å². The zero-order chi connectivity index (χ0) is 15.3. The molecule has 0 aliphatic rings. The molecule has 0 amide bonds. The Morgan fingerprint density at radius 1 is 1.05 bits per heavy atom. The van der Waals surface area contributed by atoms with Crippen molar-refractivity contribution in [3.8, 4) is 0 Å². The topological polar surface area (TPSA) is 112 Å². The van der Waals surface area contributed by atoms with Gasteiger partial charge in [0, 0.05) is 6.42 Å². The number of alkyl halides is 3. The van der Waals surface area contributed by atoms with E-state index in [4.69, 9.17) is 10.2 Å². The predicted molar refractivity (Wildman–Crippen MR) is 55.9 cm³/mol. The van der Waals surface area contributed by atoms with Crippen molar-refractivity contribution in [1.82, 2.24) is 4.31 Å². The number of carbonyl (C=O) groups is 2. The van der Waals surface area contributed by atoms with Gasteiger partial charge < -0.3 is 10.2 Å². The largest absolute Gasteiger partial charge is 0.480 e. The highest BCUT2D eigenvalue weighted by Crippen LogP contribution is 2.22. The van der Waals surface area contributed by atoms with Crippen molar-refractivity contribution in [2.24, 2.45) is 0 Å². The van der Waals surface area contributed by atoms with Gasteiger partial charge in [0.1, 0.15) is 13.1 Å². The van der Waals surface area contributed by atoms with Crippen LogP contribution < -0.4 is 0 Å². The van der Waals surface area contributed by atoms with Crippen LogP contribution in [-0.2, 0) is 19.6 Å². The molecule has 7 nitrogen and oxygen atoms in total. The molecule has 0 bridgehead atoms. The smallest absolute Gasteiger partial charge is 0.389 e. The molecule has 0 radical (unpaired) electrons. The fraction of sp³-hybridized carbons (Fsp3) is 0.750. The summed E-state index contributed by atoms with van der Waals surface area (Å²) in [5.41, 5.74) is 0. The zero-order valence-corrected chi connectivity index (χ0v) is 10.4. The Bertz CT molecular complexity index is 416. The van der Waals surface area contributed by atoms with Crippen LogP contribution in [0.15, 0.2) is 0 Å². The molecule has 0 heterocycles. The van der Waals surface area contributed by atoms with Gasteiger partial charge in [-0.1, -0.05) is 0 Å². The molecule has 0 rings (SSSR count). The van der Waals surface area contributed by atoms with E-state index in [1.807, 2.05) is 0 Å². The average Bonchev–Trinajstić information content (AvgIpc) is 2.12. The molecule has 0 aliphatic heterocycles. The van der Waals surface area contributed by atoms with Gasteiger partial charge in [0.05, 0.1) is 5.75 Å². The molecule has 0 aromatic rings. The summed E-state index contributed by atoms with van der Waals surface area (Å²) in [7, 11) is -4.36. The lowest BCUT2D eigenvalue weighted by Crippen LogP contribution is -2.40. The molecule has 0 aromatic carbocycles. The molecule has 0 spiro atoms. The molecule has 0 aromatic heterocycles. The monoisotopic (exact) mass is 307 g/mol. The summed E-state index contributed by atoms with van der Waals surface area (Å²) in [6, 6.07) is 0. The van der Waals surface area contributed by atoms with Crippen LogP contribution in [0.2, 0.25) is 0 Å². The van der Waals surface area contributed by atoms with Gasteiger partial charge in [0.25, 0.3) is 0 Å². The van der Waals surface area contributed by atoms with Crippen molar-refractivity contribution in [3.05, 3.63) is 0 Å². The lowest BCUT2D eigenvalue weighted by molar-refractivity contribution is -0.140. The van der Waals surface area contributed by atoms with E-state index in [1.54, 1.807) is 0 Å². The normalized spacial score (nSPS) is 12.6. The number of sulfonamides is 1. The minimum absolute atomic E-state index is 0.119. The van der Waals surface area contributed by atoms with Crippen molar-refractivity contribution in [3.63, 3.8) is 0 Å². The lowest BCUT2D eigenvalue weighted by atomic mass is 10.3. The Morgan fingerprint density at radius 3 is 1.79 bits per heavy atom. The molecule has 11 heteroatoms. The van der Waals surface area contributed by atoms with E-state index < -0.39 is 59.8 Å². The Hall–Kier alpha value is -1.36. The van der Waals surface area contributed by atoms with E-state index >= 15 is 0 Å². The van der Waals surface area contributed by atoms with E-state index in [-0.39, 0.29) is 4.31 Å². The second kappa shape index (κ2) is 6.70. The quantitative estimate of drug-likeness (QED) is 0.659. The third-order valence-corrected chi connectivity index (χ3v) is 3.73. The van der Waals surface area contributed by atoms with Crippen LogP contribution in [0.1, 0.15) is 12.8 Å². The van der Waals surface area contributed by atoms with Crippen molar-refractivity contribution in [1.29, 1.82) is 0 Å². The first-order chi connectivity index (χ1) is 8.44. The number of hydrogen-bond acceptors (Lipinski definition) is 4. The van der Waals surface area contributed by atoms with Crippen LogP contribution in [0.4, 0.5) is 13.2 Å². The summed E-state index contributed by atoms with van der Waals surface area (Å²) in [5, 5.41) is 16.9. The molecule has 112 valence electrons. The maximum Gasteiger partial charge on any atom is 0.389 e. The standard InChI is InChI=1S/C8H12F3NO6S/c9-8(10,11)2-1-3-19(17,18)12(4-6(13)14)5-7(15)16/h1-5H2,(H,13,14)(H,15,16). The minimum atomic E-state index is -4.53. The molecule has 0 unspecified atom stereocenters. The fourth-order valence-corrected chi connectivity index (χ4v) is 2.52. The van der Waals surface area contributed by atoms with Crippen LogP contribution >= 0.6 is 0 Å². The van der Waals surface area contributed by atoms with Gasteiger partial charge in [-0.25, -0.2) is 8.42 Å². The third kappa shape index (κ3) is 8.37. The van der Waals surface area contributed by atoms with Gasteiger partial charge in [-0.2, -0.15) is 17.5 Å². The van der Waals surface area contributed by atoms with E-state index in [0.29, 0.717) is 0 Å². The summed E-state index contributed by atoms with van der Waals surface area (Å²) in [6.45, 7) is -2.22. The first-order valence-corrected chi connectivity index (χ1v) is 6.53. The number of aliphatic carboxylic acids is 2. The molecule has 2 N–H and O–H groups in total. The van der Waals surface area contributed by atoms with Gasteiger partial charge >= 0.3 is 18.1 Å². The second-order valence-electron chi connectivity index (χ2n) is 3.59. The van der Waals surface area contributed by atoms with Crippen molar-refractivity contribution >= 4 is 22.0 Å². The predicted octanol–water partition coefficient (Wildman–Crippen LogP) is 0.130. The van der Waals surface area contributed by atoms with Crippen LogP contribution in [0.25, 0.3) is 0 Å². The lowest BCUT2D eigenvalue weighted by Gasteiger charge is -2.18. The molecule has 0 aliphatic carbocycles. The minimum Gasteiger partial charge on any atom is -0.480 e. The highest BCUT2D eigenvalue weighted by Gasteiger charge is 2.30. The maximum atomic E-state index is 11.9. The molecule has 0 saturated carbocycles. The van der Waals surface area contributed by atoms with Gasteiger partial charge in [-0.15, -0.1) is 0 Å². The number of carboxylic acid groups (broad SMARTS) is 2. The average molecular weight is 307 g/mol. The Labute approximate surface area is 106 Å². The SMILES string of the molecule is O=C(O)CN(CC(=O)O)S(=O)(=O)CCCC(F)(F)F. The van der Waals surface area contributed by atoms with Crippen molar-refractivity contribution in [2.75, 3.05) is 18.8 Å². The van der Waals surface area contributed by atoms with E-state index in [9.17, 15) is 31.2 Å². The zero-order valence-electron chi connectivity index (χ0n) is 9.55. The van der Waals surface area contributed by atoms with Crippen molar-refractivity contribution in [2.45, 2.75) is 19.0 Å². The molecular weight excluding hydrogens is 295 g/mol. The Kier molecular flexibility index (Phi) is 6.22. The number of rotatable bonds is 8. The number of carboxylic acids is 2. The maximum absolute atomic E-state index is 11.9. The summed E-state index contributed by atoms with van der Waals surface area (Å²) >= 11 is 0. The third-order valence-electron chi connectivity index (χ3n) is 1.88. The van der Waals surface area contributed by atoms with Gasteiger partial charge in [-0.3, -0.25) is 9.59 Å². The molecular formula is C8H12F3NO6S. The van der Waals surface area contributed by atoms with E-state index in [1.165, 1.54) is 0 Å². The Morgan fingerprint density at radius 2 is 1.47 bits per heavy atom. The molecule has 0 saturated heterocycles. The summed E-state index contributed by atoms with van der Waals surface area (Å²) in [6.07, 6.45) is -6.64. The Balaban J connectivity index is 4.69. The number of halogens is 3. The van der Waals surface area contributed by atoms with Crippen LogP contribution in [-0.4, -0.2) is 59.9 Å². The molecule has 0 atom stereocenters. The molecule has 19 heavy (non-hydrogen) atoms. The fourth-order valence-electron chi connectivity index (χ4n) is 1.14. The van der Waals surface area contributed by atoms with Crippen LogP contribution in [0.3, 0.4) is 0 Å². The van der Waals surface area contributed by atoms with Crippen LogP contribution in [0, 0.1) is 0 Å². The highest BCUT2D eigenvalue weighted by molar-refractivity contribution is 7.89. The van der Waals surface area contributed by atoms with Gasteiger partial charge in [0.2, 0.25) is 10.0 Å². The summed E-state index contributed by atoms with van der Waals surface area (Å²) in [4.78, 5) is 20.8. The van der Waals surface area contributed by atoms with E-state index in [2.05, 4.69) is 0 Å². The highest BCUT2D eigenvalue weighted by atomic mass is 32.2. The van der Waals surface area contributed by atoms with Gasteiger partial charge in [-0.05, 0) is 6.42 Å². The summed E-state index contributed by atoms with van der Waals surface area (Å²) in [5.74, 6) is -4.16. The first kappa shape index (κ1) is 17.6. The molecule has 0 fully saturated rings. The van der Waals surface area contributed by atoms with Crippen molar-refractivity contribution < 1.29 is 41.4 Å². The first-order valence-electron chi connectivity index (χ1n) is 4.92. The summed E-state index contributed by atoms with van der Waals surface area (Å²) < 4.78 is 58.7. The second-order valence-corrected chi connectivity index (χ2v) is 5.68. The number of hydrogen-bond donors (Lipinski definition) is 2. The van der Waals surface area contributed by atoms with E-state index in [0.717, 1.165) is 0 Å². The van der Waals surface area contributed by atoms with Crippen LogP contribution in [0.5, 0.6) is 0 Å².